The third kappa shape index (κ3) is 3.99. The summed E-state index contributed by atoms with van der Waals surface area (Å²) in [5, 5.41) is 2.86. The molecule has 0 aliphatic carbocycles. The largest absolute Gasteiger partial charge is 0.465 e. The molecule has 0 saturated heterocycles. The molecule has 1 amide bonds. The van der Waals surface area contributed by atoms with Crippen LogP contribution in [0.15, 0.2) is 60.8 Å². The van der Waals surface area contributed by atoms with E-state index < -0.39 is 5.97 Å². The zero-order chi connectivity index (χ0) is 22.8. The second-order valence-electron chi connectivity index (χ2n) is 7.85. The fourth-order valence-corrected chi connectivity index (χ4v) is 3.77. The summed E-state index contributed by atoms with van der Waals surface area (Å²) in [4.78, 5) is 30.0. The minimum Gasteiger partial charge on any atom is -0.465 e. The number of hydrogen-bond acceptors (Lipinski definition) is 4. The summed E-state index contributed by atoms with van der Waals surface area (Å²) in [7, 11) is 1.32. The van der Waals surface area contributed by atoms with Crippen LogP contribution in [-0.4, -0.2) is 28.4 Å². The highest BCUT2D eigenvalue weighted by Crippen LogP contribution is 2.28. The molecule has 0 unspecified atom stereocenters. The number of para-hydroxylation sites is 1. The van der Waals surface area contributed by atoms with Crippen LogP contribution in [0.5, 0.6) is 0 Å². The minimum absolute atomic E-state index is 0.0996. The Hall–Kier alpha value is -3.93. The Bertz CT molecular complexity index is 1340. The number of hydrogen-bond donors (Lipinski definition) is 1. The first-order valence-electron chi connectivity index (χ1n) is 10.4. The van der Waals surface area contributed by atoms with E-state index in [1.807, 2.05) is 35.7 Å². The maximum absolute atomic E-state index is 13.1. The monoisotopic (exact) mass is 427 g/mol. The Balaban J connectivity index is 1.74. The number of rotatable bonds is 5. The summed E-state index contributed by atoms with van der Waals surface area (Å²) in [5.74, 6) is -0.739. The Labute approximate surface area is 186 Å². The quantitative estimate of drug-likeness (QED) is 0.460. The van der Waals surface area contributed by atoms with Gasteiger partial charge in [-0.3, -0.25) is 4.79 Å². The van der Waals surface area contributed by atoms with Crippen LogP contribution in [0.2, 0.25) is 0 Å². The van der Waals surface area contributed by atoms with E-state index in [2.05, 4.69) is 31.3 Å². The van der Waals surface area contributed by atoms with Crippen LogP contribution in [0.4, 0.5) is 5.69 Å². The Kier molecular flexibility index (Phi) is 5.77. The molecule has 4 rings (SSSR count). The number of carbonyl (C=O) groups is 2. The molecular weight excluding hydrogens is 402 g/mol. The average molecular weight is 428 g/mol. The topological polar surface area (TPSA) is 72.7 Å². The molecule has 4 aromatic rings. The van der Waals surface area contributed by atoms with Gasteiger partial charge in [-0.15, -0.1) is 0 Å². The maximum atomic E-state index is 13.1. The molecule has 0 aliphatic heterocycles. The van der Waals surface area contributed by atoms with Crippen LogP contribution in [0.25, 0.3) is 16.9 Å². The molecule has 1 N–H and O–H groups in total. The number of pyridine rings is 1. The molecule has 0 bridgehead atoms. The van der Waals surface area contributed by atoms with Gasteiger partial charge in [0.15, 0.2) is 0 Å². The van der Waals surface area contributed by atoms with Gasteiger partial charge in [-0.2, -0.15) is 0 Å². The van der Waals surface area contributed by atoms with Gasteiger partial charge in [0, 0.05) is 11.8 Å². The molecule has 0 radical (unpaired) electrons. The SMILES string of the molecule is COC(=O)c1ccccc1NC(=O)Cc1c(-c2ccc(C)c(C)c2)nc2c(C)cccn12. The number of nitrogens with one attached hydrogen (secondary N) is 1. The number of aromatic nitrogens is 2. The normalized spacial score (nSPS) is 10.9. The third-order valence-corrected chi connectivity index (χ3v) is 5.66. The average Bonchev–Trinajstić information content (AvgIpc) is 3.15. The van der Waals surface area contributed by atoms with Gasteiger partial charge in [-0.25, -0.2) is 9.78 Å². The number of benzene rings is 2. The van der Waals surface area contributed by atoms with Crippen molar-refractivity contribution in [3.05, 3.63) is 88.7 Å². The summed E-state index contributed by atoms with van der Waals surface area (Å²) in [5.41, 5.74) is 7.48. The van der Waals surface area contributed by atoms with Gasteiger partial charge < -0.3 is 14.5 Å². The lowest BCUT2D eigenvalue weighted by molar-refractivity contribution is -0.115. The van der Waals surface area contributed by atoms with Crippen LogP contribution in [0.1, 0.15) is 32.7 Å². The van der Waals surface area contributed by atoms with Crippen molar-refractivity contribution in [3.8, 4) is 11.3 Å². The predicted molar refractivity (Wildman–Crippen MR) is 125 cm³/mol. The summed E-state index contributed by atoms with van der Waals surface area (Å²) >= 11 is 0. The Morgan fingerprint density at radius 3 is 2.50 bits per heavy atom. The molecule has 0 saturated carbocycles. The van der Waals surface area contributed by atoms with Crippen LogP contribution in [-0.2, 0) is 16.0 Å². The molecule has 0 aliphatic rings. The van der Waals surface area contributed by atoms with Gasteiger partial charge in [-0.1, -0.05) is 30.3 Å². The number of esters is 1. The number of amides is 1. The van der Waals surface area contributed by atoms with Crippen molar-refractivity contribution in [2.75, 3.05) is 12.4 Å². The van der Waals surface area contributed by atoms with E-state index in [0.29, 0.717) is 11.3 Å². The first-order valence-corrected chi connectivity index (χ1v) is 10.4. The second-order valence-corrected chi connectivity index (χ2v) is 7.85. The summed E-state index contributed by atoms with van der Waals surface area (Å²) in [6.45, 7) is 6.14. The number of carbonyl (C=O) groups excluding carboxylic acids is 2. The molecule has 6 heteroatoms. The fraction of sp³-hybridized carbons (Fsp3) is 0.192. The van der Waals surface area contributed by atoms with E-state index in [9.17, 15) is 9.59 Å². The highest BCUT2D eigenvalue weighted by molar-refractivity contribution is 6.02. The van der Waals surface area contributed by atoms with E-state index >= 15 is 0 Å². The number of fused-ring (bicyclic) bond motifs is 1. The number of ether oxygens (including phenoxy) is 1. The molecule has 32 heavy (non-hydrogen) atoms. The lowest BCUT2D eigenvalue weighted by Gasteiger charge is -2.11. The molecule has 0 spiro atoms. The van der Waals surface area contributed by atoms with Crippen LogP contribution in [0, 0.1) is 20.8 Å². The van der Waals surface area contributed by atoms with Crippen molar-refractivity contribution in [2.24, 2.45) is 0 Å². The smallest absolute Gasteiger partial charge is 0.339 e. The van der Waals surface area contributed by atoms with Gasteiger partial charge >= 0.3 is 5.97 Å². The van der Waals surface area contributed by atoms with Gasteiger partial charge in [0.05, 0.1) is 36.2 Å². The lowest BCUT2D eigenvalue weighted by atomic mass is 10.0. The van der Waals surface area contributed by atoms with Crippen molar-refractivity contribution < 1.29 is 14.3 Å². The van der Waals surface area contributed by atoms with E-state index in [0.717, 1.165) is 28.2 Å². The first kappa shape index (κ1) is 21.3. The van der Waals surface area contributed by atoms with Crippen LogP contribution >= 0.6 is 0 Å². The van der Waals surface area contributed by atoms with Crippen molar-refractivity contribution >= 4 is 23.2 Å². The van der Waals surface area contributed by atoms with Crippen molar-refractivity contribution in [2.45, 2.75) is 27.2 Å². The van der Waals surface area contributed by atoms with E-state index in [1.165, 1.54) is 18.2 Å². The number of aryl methyl sites for hydroxylation is 3. The van der Waals surface area contributed by atoms with Crippen molar-refractivity contribution in [1.82, 2.24) is 9.38 Å². The second kappa shape index (κ2) is 8.67. The van der Waals surface area contributed by atoms with Gasteiger partial charge in [-0.05, 0) is 61.7 Å². The van der Waals surface area contributed by atoms with Gasteiger partial charge in [0.1, 0.15) is 5.65 Å². The zero-order valence-corrected chi connectivity index (χ0v) is 18.6. The predicted octanol–water partition coefficient (Wildman–Crippen LogP) is 4.89. The molecule has 2 aromatic heterocycles. The van der Waals surface area contributed by atoms with E-state index in [-0.39, 0.29) is 12.3 Å². The van der Waals surface area contributed by atoms with E-state index in [4.69, 9.17) is 9.72 Å². The molecule has 2 aromatic carbocycles. The first-order chi connectivity index (χ1) is 15.4. The number of imidazole rings is 1. The molecule has 162 valence electrons. The zero-order valence-electron chi connectivity index (χ0n) is 18.6. The fourth-order valence-electron chi connectivity index (χ4n) is 3.77. The number of anilines is 1. The molecule has 0 atom stereocenters. The highest BCUT2D eigenvalue weighted by Gasteiger charge is 2.20. The van der Waals surface area contributed by atoms with Gasteiger partial charge in [0.25, 0.3) is 0 Å². The number of nitrogens with zero attached hydrogens (tertiary/aromatic N) is 2. The van der Waals surface area contributed by atoms with Crippen LogP contribution in [0.3, 0.4) is 0 Å². The molecule has 0 fully saturated rings. The summed E-state index contributed by atoms with van der Waals surface area (Å²) in [6.07, 6.45) is 2.02. The maximum Gasteiger partial charge on any atom is 0.339 e. The highest BCUT2D eigenvalue weighted by atomic mass is 16.5. The third-order valence-electron chi connectivity index (χ3n) is 5.66. The number of methoxy groups -OCH3 is 1. The Morgan fingerprint density at radius 1 is 0.969 bits per heavy atom. The van der Waals surface area contributed by atoms with Gasteiger partial charge in [0.2, 0.25) is 5.91 Å². The van der Waals surface area contributed by atoms with Crippen LogP contribution < -0.4 is 5.32 Å². The van der Waals surface area contributed by atoms with Crippen molar-refractivity contribution in [1.29, 1.82) is 0 Å². The standard InChI is InChI=1S/C26H25N3O3/c1-16-11-12-19(14-18(16)3)24-22(29-13-7-8-17(2)25(29)28-24)15-23(30)27-21-10-6-5-9-20(21)26(31)32-4/h5-14H,15H2,1-4H3,(H,27,30). The van der Waals surface area contributed by atoms with E-state index in [1.54, 1.807) is 24.3 Å². The summed E-state index contributed by atoms with van der Waals surface area (Å²) in [6, 6.07) is 17.0. The lowest BCUT2D eigenvalue weighted by Crippen LogP contribution is -2.18. The summed E-state index contributed by atoms with van der Waals surface area (Å²) < 4.78 is 6.79. The van der Waals surface area contributed by atoms with Crippen molar-refractivity contribution in [3.63, 3.8) is 0 Å². The molecule has 2 heterocycles. The Morgan fingerprint density at radius 2 is 1.75 bits per heavy atom. The minimum atomic E-state index is -0.498. The molecular formula is C26H25N3O3. The molecule has 6 nitrogen and oxygen atoms in total.